The molecule has 4 aromatic carbocycles. The van der Waals surface area contributed by atoms with E-state index in [-0.39, 0.29) is 6.04 Å². The summed E-state index contributed by atoms with van der Waals surface area (Å²) >= 11 is 0. The minimum Gasteiger partial charge on any atom is -0.337 e. The summed E-state index contributed by atoms with van der Waals surface area (Å²) in [5, 5.41) is 8.63. The molecule has 0 radical (unpaired) electrons. The molecule has 2 aliphatic heterocycles. The lowest BCUT2D eigenvalue weighted by Gasteiger charge is -2.40. The SMILES string of the molecule is CCc1ccc([C@@H]2c3c(C)nn(-c4ccccc4)c3N=C3C(Nc4cccc(C)c4)=Nc4ccccc4N32)cc1. The molecule has 0 spiro atoms. The number of nitrogens with one attached hydrogen (secondary N) is 1. The first-order valence-corrected chi connectivity index (χ1v) is 13.7. The normalized spacial score (nSPS) is 15.5. The molecule has 3 heterocycles. The third kappa shape index (κ3) is 4.00. The first kappa shape index (κ1) is 24.1. The summed E-state index contributed by atoms with van der Waals surface area (Å²) < 4.78 is 1.97. The molecule has 0 fully saturated rings. The molecule has 0 saturated heterocycles. The highest BCUT2D eigenvalue weighted by Gasteiger charge is 2.41. The third-order valence-electron chi connectivity index (χ3n) is 7.62. The van der Waals surface area contributed by atoms with Crippen LogP contribution in [0.1, 0.15) is 40.9 Å². The van der Waals surface area contributed by atoms with Crippen LogP contribution < -0.4 is 10.2 Å². The van der Waals surface area contributed by atoms with Crippen LogP contribution in [0.15, 0.2) is 113 Å². The first-order valence-electron chi connectivity index (χ1n) is 13.7. The molecule has 6 heteroatoms. The zero-order valence-corrected chi connectivity index (χ0v) is 22.8. The van der Waals surface area contributed by atoms with E-state index in [2.05, 4.69) is 110 Å². The second kappa shape index (κ2) is 9.65. The Hall–Kier alpha value is -4.97. The van der Waals surface area contributed by atoms with Gasteiger partial charge in [-0.3, -0.25) is 0 Å². The molecule has 7 rings (SSSR count). The third-order valence-corrected chi connectivity index (χ3v) is 7.62. The van der Waals surface area contributed by atoms with Crippen molar-refractivity contribution in [2.24, 2.45) is 9.98 Å². The second-order valence-electron chi connectivity index (χ2n) is 10.3. The van der Waals surface area contributed by atoms with Gasteiger partial charge in [-0.1, -0.05) is 73.7 Å². The number of anilines is 2. The number of hydrogen-bond acceptors (Lipinski definition) is 5. The van der Waals surface area contributed by atoms with Gasteiger partial charge in [-0.2, -0.15) is 5.10 Å². The van der Waals surface area contributed by atoms with Crippen molar-refractivity contribution in [3.63, 3.8) is 0 Å². The Labute approximate surface area is 234 Å². The highest BCUT2D eigenvalue weighted by atomic mass is 15.4. The molecular weight excluding hydrogens is 492 g/mol. The summed E-state index contributed by atoms with van der Waals surface area (Å²) in [5.41, 5.74) is 9.62. The highest BCUT2D eigenvalue weighted by Crippen LogP contribution is 2.48. The van der Waals surface area contributed by atoms with Gasteiger partial charge in [-0.05, 0) is 73.4 Å². The Kier molecular flexibility index (Phi) is 5.81. The molecule has 0 aliphatic carbocycles. The summed E-state index contributed by atoms with van der Waals surface area (Å²) in [4.78, 5) is 12.7. The molecule has 0 unspecified atom stereocenters. The molecule has 2 aliphatic rings. The largest absolute Gasteiger partial charge is 0.337 e. The molecule has 1 atom stereocenters. The second-order valence-corrected chi connectivity index (χ2v) is 10.3. The Morgan fingerprint density at radius 1 is 0.800 bits per heavy atom. The zero-order valence-electron chi connectivity index (χ0n) is 22.8. The smallest absolute Gasteiger partial charge is 0.179 e. The van der Waals surface area contributed by atoms with Crippen LogP contribution >= 0.6 is 0 Å². The summed E-state index contributed by atoms with van der Waals surface area (Å²) in [6.07, 6.45) is 0.998. The average molecular weight is 523 g/mol. The Morgan fingerprint density at radius 3 is 2.35 bits per heavy atom. The van der Waals surface area contributed by atoms with Crippen LogP contribution in [-0.4, -0.2) is 21.5 Å². The van der Waals surface area contributed by atoms with E-state index in [4.69, 9.17) is 15.1 Å². The van der Waals surface area contributed by atoms with Crippen LogP contribution in [0.4, 0.5) is 22.9 Å². The lowest BCUT2D eigenvalue weighted by Crippen LogP contribution is -2.46. The number of rotatable bonds is 4. The maximum Gasteiger partial charge on any atom is 0.179 e. The fourth-order valence-electron chi connectivity index (χ4n) is 5.66. The molecule has 5 aromatic rings. The quantitative estimate of drug-likeness (QED) is 0.261. The van der Waals surface area contributed by atoms with E-state index < -0.39 is 0 Å². The van der Waals surface area contributed by atoms with Gasteiger partial charge < -0.3 is 10.2 Å². The standard InChI is InChI=1S/C34H30N6/c1-4-24-17-19-25(20-18-24)31-30-23(3)38-40(27-13-6-5-7-14-27)33(30)37-34-32(35-26-12-10-11-22(2)21-26)36-28-15-8-9-16-29(28)39(31)34/h5-21,31H,4H2,1-3H3,(H,35,36)/t31-/m1/s1. The number of fused-ring (bicyclic) bond motifs is 4. The first-order chi connectivity index (χ1) is 19.6. The van der Waals surface area contributed by atoms with Gasteiger partial charge >= 0.3 is 0 Å². The molecule has 0 bridgehead atoms. The maximum atomic E-state index is 5.32. The molecule has 40 heavy (non-hydrogen) atoms. The van der Waals surface area contributed by atoms with Gasteiger partial charge in [-0.15, -0.1) is 0 Å². The van der Waals surface area contributed by atoms with Crippen LogP contribution in [0.2, 0.25) is 0 Å². The summed E-state index contributed by atoms with van der Waals surface area (Å²) in [6.45, 7) is 6.37. The van der Waals surface area contributed by atoms with Crippen molar-refractivity contribution < 1.29 is 0 Å². The number of benzene rings is 4. The molecule has 0 amide bonds. The highest BCUT2D eigenvalue weighted by molar-refractivity contribution is 6.51. The van der Waals surface area contributed by atoms with Gasteiger partial charge in [0.25, 0.3) is 0 Å². The fourth-order valence-corrected chi connectivity index (χ4v) is 5.66. The van der Waals surface area contributed by atoms with E-state index in [0.29, 0.717) is 5.84 Å². The number of para-hydroxylation sites is 3. The van der Waals surface area contributed by atoms with Crippen molar-refractivity contribution in [1.82, 2.24) is 9.78 Å². The van der Waals surface area contributed by atoms with Crippen LogP contribution in [0.25, 0.3) is 5.69 Å². The average Bonchev–Trinajstić information content (AvgIpc) is 3.32. The number of aliphatic imine (C=N–C) groups is 2. The van der Waals surface area contributed by atoms with Crippen molar-refractivity contribution >= 4 is 34.6 Å². The topological polar surface area (TPSA) is 57.8 Å². The van der Waals surface area contributed by atoms with Crippen LogP contribution in [0.3, 0.4) is 0 Å². The van der Waals surface area contributed by atoms with Crippen LogP contribution in [0, 0.1) is 13.8 Å². The number of hydrogen-bond donors (Lipinski definition) is 1. The number of amidine groups is 2. The molecule has 1 N–H and O–H groups in total. The van der Waals surface area contributed by atoms with Gasteiger partial charge in [0.1, 0.15) is 0 Å². The molecule has 0 saturated carbocycles. The van der Waals surface area contributed by atoms with E-state index >= 15 is 0 Å². The van der Waals surface area contributed by atoms with Gasteiger partial charge in [0.05, 0.1) is 28.8 Å². The van der Waals surface area contributed by atoms with Crippen LogP contribution in [0.5, 0.6) is 0 Å². The Morgan fingerprint density at radius 2 is 1.57 bits per heavy atom. The molecule has 196 valence electrons. The molecular formula is C34H30N6. The Balaban J connectivity index is 1.49. The fraction of sp³-hybridized carbons (Fsp3) is 0.147. The maximum absolute atomic E-state index is 5.32. The molecule has 6 nitrogen and oxygen atoms in total. The van der Waals surface area contributed by atoms with Crippen molar-refractivity contribution in [2.75, 3.05) is 10.2 Å². The van der Waals surface area contributed by atoms with E-state index in [0.717, 1.165) is 52.1 Å². The predicted molar refractivity (Wildman–Crippen MR) is 164 cm³/mol. The monoisotopic (exact) mass is 522 g/mol. The minimum absolute atomic E-state index is 0.128. The van der Waals surface area contributed by atoms with Gasteiger partial charge in [-0.25, -0.2) is 14.7 Å². The van der Waals surface area contributed by atoms with Crippen molar-refractivity contribution in [3.05, 3.63) is 131 Å². The van der Waals surface area contributed by atoms with Crippen molar-refractivity contribution in [2.45, 2.75) is 33.2 Å². The van der Waals surface area contributed by atoms with Crippen LogP contribution in [-0.2, 0) is 6.42 Å². The number of aromatic nitrogens is 2. The van der Waals surface area contributed by atoms with Gasteiger partial charge in [0, 0.05) is 11.3 Å². The van der Waals surface area contributed by atoms with Gasteiger partial charge in [0.2, 0.25) is 0 Å². The zero-order chi connectivity index (χ0) is 27.2. The van der Waals surface area contributed by atoms with E-state index in [1.54, 1.807) is 0 Å². The minimum atomic E-state index is -0.128. The summed E-state index contributed by atoms with van der Waals surface area (Å²) in [6, 6.07) is 35.7. The van der Waals surface area contributed by atoms with Crippen molar-refractivity contribution in [1.29, 1.82) is 0 Å². The number of nitrogens with zero attached hydrogens (tertiary/aromatic N) is 5. The van der Waals surface area contributed by atoms with Crippen molar-refractivity contribution in [3.8, 4) is 5.69 Å². The Bertz CT molecular complexity index is 1780. The molecule has 1 aromatic heterocycles. The lowest BCUT2D eigenvalue weighted by molar-refractivity contribution is 0.814. The van der Waals surface area contributed by atoms with E-state index in [1.807, 2.05) is 28.9 Å². The van der Waals surface area contributed by atoms with E-state index in [9.17, 15) is 0 Å². The van der Waals surface area contributed by atoms with Gasteiger partial charge in [0.15, 0.2) is 17.5 Å². The lowest BCUT2D eigenvalue weighted by atomic mass is 9.92. The number of aryl methyl sites for hydroxylation is 3. The summed E-state index contributed by atoms with van der Waals surface area (Å²) in [7, 11) is 0. The van der Waals surface area contributed by atoms with E-state index in [1.165, 1.54) is 16.7 Å². The predicted octanol–water partition coefficient (Wildman–Crippen LogP) is 7.85. The summed E-state index contributed by atoms with van der Waals surface area (Å²) in [5.74, 6) is 2.32.